The number of fused-ring (bicyclic) bond motifs is 2. The van der Waals surface area contributed by atoms with E-state index < -0.39 is 11.7 Å². The maximum Gasteiger partial charge on any atom is 0.416 e. The summed E-state index contributed by atoms with van der Waals surface area (Å²) in [5.41, 5.74) is 4.45. The van der Waals surface area contributed by atoms with Crippen LogP contribution in [0, 0.1) is 0 Å². The highest BCUT2D eigenvalue weighted by Crippen LogP contribution is 2.29. The van der Waals surface area contributed by atoms with Gasteiger partial charge in [0.25, 0.3) is 5.56 Å². The summed E-state index contributed by atoms with van der Waals surface area (Å²) >= 11 is 0. The van der Waals surface area contributed by atoms with E-state index in [-0.39, 0.29) is 18.0 Å². The quantitative estimate of drug-likeness (QED) is 0.439. The molecule has 0 unspecified atom stereocenters. The molecule has 2 N–H and O–H groups in total. The first-order chi connectivity index (χ1) is 18.7. The predicted octanol–water partition coefficient (Wildman–Crippen LogP) is 5.36. The highest BCUT2D eigenvalue weighted by Gasteiger charge is 2.30. The number of amides is 1. The maximum absolute atomic E-state index is 13.3. The van der Waals surface area contributed by atoms with Crippen molar-refractivity contribution in [1.29, 1.82) is 0 Å². The van der Waals surface area contributed by atoms with Crippen LogP contribution in [-0.4, -0.2) is 26.9 Å². The Balaban J connectivity index is 0.00000172. The van der Waals surface area contributed by atoms with Gasteiger partial charge in [-0.3, -0.25) is 19.1 Å². The van der Waals surface area contributed by atoms with Gasteiger partial charge in [0.2, 0.25) is 11.9 Å². The Morgan fingerprint density at radius 3 is 2.41 bits per heavy atom. The van der Waals surface area contributed by atoms with Gasteiger partial charge in [-0.1, -0.05) is 38.1 Å². The summed E-state index contributed by atoms with van der Waals surface area (Å²) in [4.78, 5) is 31.9. The molecule has 5 rings (SSSR count). The number of halogens is 3. The zero-order valence-corrected chi connectivity index (χ0v) is 22.5. The third-order valence-corrected chi connectivity index (χ3v) is 6.91. The maximum atomic E-state index is 13.3. The molecule has 0 atom stereocenters. The smallest absolute Gasteiger partial charge is 0.351 e. The standard InChI is InChI=1S/C27H28F3N5O2.C2H6/c1-2-35-25(37)21-16-34(15-18-5-9-22-19(13-18)6-10-24(36)32-22)12-11-23(21)33-26(35)31-14-17-3-7-20(8-4-17)27(28,29)30;1-2/h3-5,7-9,13H,2,6,10-12,14-16H2,1H3,(H,31,33)(H,32,36);1-2H3. The molecule has 0 spiro atoms. The van der Waals surface area contributed by atoms with Gasteiger partial charge in [0.05, 0.1) is 16.8 Å². The molecule has 1 amide bonds. The van der Waals surface area contributed by atoms with Crippen LogP contribution in [0.5, 0.6) is 0 Å². The summed E-state index contributed by atoms with van der Waals surface area (Å²) in [5.74, 6) is 0.470. The molecule has 0 fully saturated rings. The number of hydrogen-bond acceptors (Lipinski definition) is 5. The molecule has 0 saturated carbocycles. The average Bonchev–Trinajstić information content (AvgIpc) is 2.93. The summed E-state index contributed by atoms with van der Waals surface area (Å²) in [6.07, 6.45) is -2.53. The summed E-state index contributed by atoms with van der Waals surface area (Å²) in [6, 6.07) is 11.0. The lowest BCUT2D eigenvalue weighted by Crippen LogP contribution is -2.38. The zero-order valence-electron chi connectivity index (χ0n) is 22.5. The molecule has 0 bridgehead atoms. The number of anilines is 2. The van der Waals surface area contributed by atoms with Crippen LogP contribution < -0.4 is 16.2 Å². The van der Waals surface area contributed by atoms with Crippen molar-refractivity contribution in [2.24, 2.45) is 0 Å². The molecule has 10 heteroatoms. The van der Waals surface area contributed by atoms with E-state index >= 15 is 0 Å². The first-order valence-corrected chi connectivity index (χ1v) is 13.4. The number of aromatic nitrogens is 2. The van der Waals surface area contributed by atoms with Crippen LogP contribution in [0.15, 0.2) is 47.3 Å². The number of carbonyl (C=O) groups excluding carboxylic acids is 1. The summed E-state index contributed by atoms with van der Waals surface area (Å²) in [6.45, 7) is 8.49. The molecule has 2 aliphatic heterocycles. The average molecular weight is 542 g/mol. The molecular formula is C29H34F3N5O2. The zero-order chi connectivity index (χ0) is 28.2. The molecule has 39 heavy (non-hydrogen) atoms. The van der Waals surface area contributed by atoms with Crippen LogP contribution in [0.1, 0.15) is 60.7 Å². The Hall–Kier alpha value is -3.66. The Morgan fingerprint density at radius 1 is 1.00 bits per heavy atom. The largest absolute Gasteiger partial charge is 0.416 e. The van der Waals surface area contributed by atoms with Gasteiger partial charge < -0.3 is 10.6 Å². The summed E-state index contributed by atoms with van der Waals surface area (Å²) in [7, 11) is 0. The van der Waals surface area contributed by atoms with Gasteiger partial charge >= 0.3 is 6.18 Å². The van der Waals surface area contributed by atoms with Crippen molar-refractivity contribution >= 4 is 17.5 Å². The van der Waals surface area contributed by atoms with Gasteiger partial charge in [0.15, 0.2) is 0 Å². The molecule has 1 aromatic heterocycles. The molecule has 3 heterocycles. The fourth-order valence-corrected chi connectivity index (χ4v) is 4.92. The number of nitrogens with one attached hydrogen (secondary N) is 2. The van der Waals surface area contributed by atoms with Crippen molar-refractivity contribution in [2.75, 3.05) is 17.2 Å². The van der Waals surface area contributed by atoms with Gasteiger partial charge in [-0.15, -0.1) is 0 Å². The van der Waals surface area contributed by atoms with E-state index in [9.17, 15) is 22.8 Å². The monoisotopic (exact) mass is 541 g/mol. The molecule has 0 aliphatic carbocycles. The number of hydrogen-bond donors (Lipinski definition) is 2. The summed E-state index contributed by atoms with van der Waals surface area (Å²) in [5, 5.41) is 6.04. The lowest BCUT2D eigenvalue weighted by atomic mass is 9.99. The van der Waals surface area contributed by atoms with Gasteiger partial charge in [0.1, 0.15) is 0 Å². The summed E-state index contributed by atoms with van der Waals surface area (Å²) < 4.78 is 40.0. The Labute approximate surface area is 226 Å². The van der Waals surface area contributed by atoms with Gasteiger partial charge in [-0.05, 0) is 48.2 Å². The van der Waals surface area contributed by atoms with Crippen molar-refractivity contribution in [3.63, 3.8) is 0 Å². The van der Waals surface area contributed by atoms with Crippen molar-refractivity contribution in [3.8, 4) is 0 Å². The minimum atomic E-state index is -4.37. The SMILES string of the molecule is CC.CCn1c(NCc2ccc(C(F)(F)F)cc2)nc2c(c1=O)CN(Cc1ccc3c(c1)CCC(=O)N3)CC2. The molecule has 7 nitrogen and oxygen atoms in total. The van der Waals surface area contributed by atoms with Crippen molar-refractivity contribution in [3.05, 3.63) is 86.3 Å². The topological polar surface area (TPSA) is 79.3 Å². The van der Waals surface area contributed by atoms with Crippen molar-refractivity contribution in [2.45, 2.75) is 72.4 Å². The predicted molar refractivity (Wildman–Crippen MR) is 146 cm³/mol. The number of carbonyl (C=O) groups is 1. The molecule has 2 aromatic carbocycles. The van der Waals surface area contributed by atoms with Crippen LogP contribution in [0.25, 0.3) is 0 Å². The van der Waals surface area contributed by atoms with E-state index in [0.717, 1.165) is 47.6 Å². The van der Waals surface area contributed by atoms with Gasteiger partial charge in [-0.2, -0.15) is 13.2 Å². The van der Waals surface area contributed by atoms with Gasteiger partial charge in [-0.25, -0.2) is 4.98 Å². The van der Waals surface area contributed by atoms with E-state index in [2.05, 4.69) is 21.6 Å². The van der Waals surface area contributed by atoms with Crippen LogP contribution >= 0.6 is 0 Å². The molecule has 2 aliphatic rings. The molecule has 0 saturated heterocycles. The third-order valence-electron chi connectivity index (χ3n) is 6.91. The second kappa shape index (κ2) is 12.0. The van der Waals surface area contributed by atoms with E-state index in [1.807, 2.05) is 32.9 Å². The minimum Gasteiger partial charge on any atom is -0.351 e. The third kappa shape index (κ3) is 6.50. The van der Waals surface area contributed by atoms with E-state index in [4.69, 9.17) is 4.98 Å². The molecule has 208 valence electrons. The van der Waals surface area contributed by atoms with Crippen molar-refractivity contribution in [1.82, 2.24) is 14.5 Å². The highest BCUT2D eigenvalue weighted by atomic mass is 19.4. The fourth-order valence-electron chi connectivity index (χ4n) is 4.92. The molecule has 3 aromatic rings. The Morgan fingerprint density at radius 2 is 1.72 bits per heavy atom. The minimum absolute atomic E-state index is 0.0424. The second-order valence-electron chi connectivity index (χ2n) is 9.46. The number of nitrogens with zero attached hydrogens (tertiary/aromatic N) is 3. The van der Waals surface area contributed by atoms with E-state index in [1.54, 1.807) is 4.57 Å². The van der Waals surface area contributed by atoms with Crippen LogP contribution in [0.3, 0.4) is 0 Å². The molecule has 0 radical (unpaired) electrons. The van der Waals surface area contributed by atoms with Gasteiger partial charge in [0, 0.05) is 51.3 Å². The number of alkyl halides is 3. The fraction of sp³-hybridized carbons (Fsp3) is 0.414. The lowest BCUT2D eigenvalue weighted by Gasteiger charge is -2.29. The first-order valence-electron chi connectivity index (χ1n) is 13.4. The second-order valence-corrected chi connectivity index (χ2v) is 9.46. The lowest BCUT2D eigenvalue weighted by molar-refractivity contribution is -0.137. The normalized spacial score (nSPS) is 15.0. The highest BCUT2D eigenvalue weighted by molar-refractivity contribution is 5.93. The first kappa shape index (κ1) is 28.4. The van der Waals surface area contributed by atoms with Crippen LogP contribution in [-0.2, 0) is 50.0 Å². The number of rotatable bonds is 6. The van der Waals surface area contributed by atoms with Crippen LogP contribution in [0.4, 0.5) is 24.8 Å². The van der Waals surface area contributed by atoms with Crippen LogP contribution in [0.2, 0.25) is 0 Å². The molecular weight excluding hydrogens is 507 g/mol. The Bertz CT molecular complexity index is 1380. The van der Waals surface area contributed by atoms with E-state index in [0.29, 0.717) is 49.6 Å². The number of benzene rings is 2. The number of aryl methyl sites for hydroxylation is 1. The van der Waals surface area contributed by atoms with E-state index in [1.165, 1.54) is 12.1 Å². The Kier molecular flexibility index (Phi) is 8.74. The van der Waals surface area contributed by atoms with Crippen molar-refractivity contribution < 1.29 is 18.0 Å².